The van der Waals surface area contributed by atoms with Crippen molar-refractivity contribution in [3.05, 3.63) is 59.1 Å². The highest BCUT2D eigenvalue weighted by Gasteiger charge is 2.34. The lowest BCUT2D eigenvalue weighted by molar-refractivity contribution is -0.118. The average molecular weight is 413 g/mol. The largest absolute Gasteiger partial charge is 0.447 e. The molecule has 0 radical (unpaired) electrons. The van der Waals surface area contributed by atoms with E-state index in [9.17, 15) is 4.79 Å². The van der Waals surface area contributed by atoms with Gasteiger partial charge in [-0.25, -0.2) is 0 Å². The Hall–Kier alpha value is -2.64. The fourth-order valence-corrected chi connectivity index (χ4v) is 3.72. The van der Waals surface area contributed by atoms with E-state index in [0.29, 0.717) is 27.4 Å². The topological polar surface area (TPSA) is 68.2 Å². The summed E-state index contributed by atoms with van der Waals surface area (Å²) in [6.07, 6.45) is -0.701. The number of aromatic nitrogens is 3. The van der Waals surface area contributed by atoms with Gasteiger partial charge in [-0.2, -0.15) is 4.98 Å². The van der Waals surface area contributed by atoms with Gasteiger partial charge in [-0.1, -0.05) is 60.6 Å². The minimum Gasteiger partial charge on any atom is -0.447 e. The molecule has 0 N–H and O–H groups in total. The van der Waals surface area contributed by atoms with Gasteiger partial charge in [0, 0.05) is 23.1 Å². The predicted molar refractivity (Wildman–Crippen MR) is 110 cm³/mol. The van der Waals surface area contributed by atoms with E-state index in [4.69, 9.17) is 16.3 Å². The first kappa shape index (κ1) is 18.7. The van der Waals surface area contributed by atoms with Crippen molar-refractivity contribution in [1.29, 1.82) is 0 Å². The maximum absolute atomic E-state index is 12.6. The summed E-state index contributed by atoms with van der Waals surface area (Å²) in [6, 6.07) is 14.7. The third-order valence-corrected chi connectivity index (χ3v) is 5.25. The Bertz CT molecular complexity index is 1030. The molecule has 8 heteroatoms. The molecule has 2 heterocycles. The molecular formula is C20H17ClN4O2S. The van der Waals surface area contributed by atoms with Gasteiger partial charge in [-0.05, 0) is 24.0 Å². The summed E-state index contributed by atoms with van der Waals surface area (Å²) in [7, 11) is 0. The van der Waals surface area contributed by atoms with Crippen LogP contribution < -0.4 is 9.64 Å². The maximum Gasteiger partial charge on any atom is 0.247 e. The molecule has 142 valence electrons. The molecular weight excluding hydrogens is 396 g/mol. The summed E-state index contributed by atoms with van der Waals surface area (Å²) in [6.45, 7) is 3.53. The first-order valence-corrected chi connectivity index (χ1v) is 10.1. The Balaban J connectivity index is 1.93. The molecule has 4 rings (SSSR count). The van der Waals surface area contributed by atoms with Crippen LogP contribution in [0.1, 0.15) is 25.6 Å². The fraction of sp³-hybridized carbons (Fsp3) is 0.200. The molecule has 0 bridgehead atoms. The van der Waals surface area contributed by atoms with Crippen LogP contribution in [0.25, 0.3) is 11.3 Å². The Kier molecular flexibility index (Phi) is 5.19. The number of rotatable bonds is 3. The lowest BCUT2D eigenvalue weighted by Gasteiger charge is -2.29. The molecule has 1 aliphatic rings. The molecule has 3 aromatic rings. The number of ether oxygens (including phenoxy) is 1. The summed E-state index contributed by atoms with van der Waals surface area (Å²) in [5.41, 5.74) is 2.74. The second-order valence-corrected chi connectivity index (χ2v) is 7.78. The molecule has 0 saturated heterocycles. The summed E-state index contributed by atoms with van der Waals surface area (Å²) in [5, 5.41) is 9.70. The number of carbonyl (C=O) groups excluding carboxylic acids is 1. The second kappa shape index (κ2) is 7.77. The number of halogens is 1. The van der Waals surface area contributed by atoms with Gasteiger partial charge < -0.3 is 4.74 Å². The zero-order valence-electron chi connectivity index (χ0n) is 15.3. The summed E-state index contributed by atoms with van der Waals surface area (Å²) in [5.74, 6) is 1.01. The quantitative estimate of drug-likeness (QED) is 0.578. The van der Waals surface area contributed by atoms with Crippen LogP contribution in [0.2, 0.25) is 5.02 Å². The first-order chi connectivity index (χ1) is 13.6. The van der Waals surface area contributed by atoms with Crippen LogP contribution in [0, 0.1) is 0 Å². The molecule has 1 atom stereocenters. The normalized spacial score (nSPS) is 15.2. The van der Waals surface area contributed by atoms with Crippen LogP contribution >= 0.6 is 23.4 Å². The van der Waals surface area contributed by atoms with Gasteiger partial charge in [0.05, 0.1) is 5.69 Å². The number of hydrogen-bond donors (Lipinski definition) is 0. The molecule has 1 aromatic heterocycles. The number of hydrogen-bond acceptors (Lipinski definition) is 6. The van der Waals surface area contributed by atoms with Gasteiger partial charge in [0.2, 0.25) is 23.2 Å². The Labute approximate surface area is 171 Å². The standard InChI is InChI=1S/C20H17ClN4O2S/c1-3-28-20-22-18-17(23-24-20)15-6-4-5-7-16(15)25(12(2)26)19(27-18)13-8-10-14(21)11-9-13/h4-11,19H,3H2,1-2H3/t19-/m1/s1. The van der Waals surface area contributed by atoms with Crippen molar-refractivity contribution in [2.45, 2.75) is 25.2 Å². The molecule has 2 aromatic carbocycles. The maximum atomic E-state index is 12.6. The summed E-state index contributed by atoms with van der Waals surface area (Å²) in [4.78, 5) is 18.8. The van der Waals surface area contributed by atoms with E-state index in [-0.39, 0.29) is 5.91 Å². The molecule has 1 aliphatic heterocycles. The predicted octanol–water partition coefficient (Wildman–Crippen LogP) is 4.75. The van der Waals surface area contributed by atoms with Crippen molar-refractivity contribution < 1.29 is 9.53 Å². The summed E-state index contributed by atoms with van der Waals surface area (Å²) < 4.78 is 6.26. The van der Waals surface area contributed by atoms with Crippen LogP contribution in [0.4, 0.5) is 5.69 Å². The molecule has 28 heavy (non-hydrogen) atoms. The van der Waals surface area contributed by atoms with E-state index in [1.165, 1.54) is 18.7 Å². The SMILES string of the molecule is CCSc1nnc2c(n1)O[C@H](c1ccc(Cl)cc1)N(C(C)=O)c1ccccc1-2. The third-order valence-electron chi connectivity index (χ3n) is 4.28. The summed E-state index contributed by atoms with van der Waals surface area (Å²) >= 11 is 7.52. The highest BCUT2D eigenvalue weighted by atomic mass is 35.5. The van der Waals surface area contributed by atoms with Crippen LogP contribution in [0.15, 0.2) is 53.7 Å². The smallest absolute Gasteiger partial charge is 0.247 e. The van der Waals surface area contributed by atoms with Crippen LogP contribution in [0.3, 0.4) is 0 Å². The van der Waals surface area contributed by atoms with Gasteiger partial charge in [0.1, 0.15) is 0 Å². The Morgan fingerprint density at radius 3 is 2.64 bits per heavy atom. The molecule has 1 amide bonds. The van der Waals surface area contributed by atoms with Gasteiger partial charge in [0.15, 0.2) is 5.69 Å². The van der Waals surface area contributed by atoms with Gasteiger partial charge in [-0.15, -0.1) is 10.2 Å². The number of anilines is 1. The average Bonchev–Trinajstić information content (AvgIpc) is 2.83. The van der Waals surface area contributed by atoms with E-state index in [1.807, 2.05) is 43.3 Å². The highest BCUT2D eigenvalue weighted by Crippen LogP contribution is 2.43. The Morgan fingerprint density at radius 2 is 1.93 bits per heavy atom. The van der Waals surface area contributed by atoms with Gasteiger partial charge in [-0.3, -0.25) is 9.69 Å². The van der Waals surface area contributed by atoms with Crippen molar-refractivity contribution in [3.8, 4) is 17.1 Å². The lowest BCUT2D eigenvalue weighted by Crippen LogP contribution is -2.36. The monoisotopic (exact) mass is 412 g/mol. The third kappa shape index (κ3) is 3.43. The van der Waals surface area contributed by atoms with Crippen molar-refractivity contribution >= 4 is 35.0 Å². The first-order valence-electron chi connectivity index (χ1n) is 8.77. The zero-order valence-corrected chi connectivity index (χ0v) is 16.9. The minimum absolute atomic E-state index is 0.156. The molecule has 0 aliphatic carbocycles. The van der Waals surface area contributed by atoms with E-state index in [0.717, 1.165) is 16.9 Å². The van der Waals surface area contributed by atoms with Crippen LogP contribution in [-0.4, -0.2) is 26.8 Å². The van der Waals surface area contributed by atoms with Crippen molar-refractivity contribution in [2.75, 3.05) is 10.7 Å². The molecule has 0 fully saturated rings. The van der Waals surface area contributed by atoms with Gasteiger partial charge in [0.25, 0.3) is 0 Å². The molecule has 0 unspecified atom stereocenters. The second-order valence-electron chi connectivity index (χ2n) is 6.11. The number of thioether (sulfide) groups is 1. The van der Waals surface area contributed by atoms with Crippen LogP contribution in [0.5, 0.6) is 5.88 Å². The molecule has 6 nitrogen and oxygen atoms in total. The van der Waals surface area contributed by atoms with Gasteiger partial charge >= 0.3 is 0 Å². The van der Waals surface area contributed by atoms with E-state index >= 15 is 0 Å². The van der Waals surface area contributed by atoms with Crippen molar-refractivity contribution in [3.63, 3.8) is 0 Å². The fourth-order valence-electron chi connectivity index (χ4n) is 3.09. The zero-order chi connectivity index (χ0) is 19.7. The van der Waals surface area contributed by atoms with Crippen molar-refractivity contribution in [1.82, 2.24) is 15.2 Å². The number of fused-ring (bicyclic) bond motifs is 3. The van der Waals surface area contributed by atoms with Crippen molar-refractivity contribution in [2.24, 2.45) is 0 Å². The minimum atomic E-state index is -0.701. The number of nitrogens with zero attached hydrogens (tertiary/aromatic N) is 4. The lowest BCUT2D eigenvalue weighted by atomic mass is 10.1. The number of carbonyl (C=O) groups is 1. The number of amides is 1. The van der Waals surface area contributed by atoms with E-state index in [2.05, 4.69) is 15.2 Å². The number of para-hydroxylation sites is 1. The van der Waals surface area contributed by atoms with E-state index < -0.39 is 6.23 Å². The number of benzene rings is 2. The highest BCUT2D eigenvalue weighted by molar-refractivity contribution is 7.99. The molecule has 0 spiro atoms. The van der Waals surface area contributed by atoms with Crippen LogP contribution in [-0.2, 0) is 4.79 Å². The Morgan fingerprint density at radius 1 is 1.18 bits per heavy atom. The molecule has 0 saturated carbocycles. The van der Waals surface area contributed by atoms with E-state index in [1.54, 1.807) is 17.0 Å².